The normalized spacial score (nSPS) is 10.0. The van der Waals surface area contributed by atoms with Crippen molar-refractivity contribution in [1.82, 2.24) is 0 Å². The highest BCUT2D eigenvalue weighted by molar-refractivity contribution is 9.10. The van der Waals surface area contributed by atoms with Crippen LogP contribution in [0.15, 0.2) is 22.7 Å². The molecule has 0 atom stereocenters. The van der Waals surface area contributed by atoms with Gasteiger partial charge in [-0.1, -0.05) is 12.1 Å². The van der Waals surface area contributed by atoms with Crippen LogP contribution in [0.1, 0.15) is 5.56 Å². The first-order valence-corrected chi connectivity index (χ1v) is 4.45. The van der Waals surface area contributed by atoms with Crippen LogP contribution >= 0.6 is 15.9 Å². The smallest absolute Gasteiger partial charge is 0.207 e. The van der Waals surface area contributed by atoms with Crippen LogP contribution in [0, 0.1) is 15.9 Å². The van der Waals surface area contributed by atoms with Crippen LogP contribution in [0.5, 0.6) is 0 Å². The van der Waals surface area contributed by atoms with Gasteiger partial charge in [-0.2, -0.15) is 0 Å². The third-order valence-electron chi connectivity index (χ3n) is 1.60. The highest BCUT2D eigenvalue weighted by atomic mass is 79.9. The van der Waals surface area contributed by atoms with Crippen molar-refractivity contribution in [2.75, 3.05) is 6.54 Å². The van der Waals surface area contributed by atoms with Crippen LogP contribution < -0.4 is 0 Å². The molecule has 0 aliphatic carbocycles. The van der Waals surface area contributed by atoms with Gasteiger partial charge in [0.15, 0.2) is 0 Å². The molecule has 5 heteroatoms. The van der Waals surface area contributed by atoms with Crippen LogP contribution in [0.3, 0.4) is 0 Å². The van der Waals surface area contributed by atoms with E-state index in [2.05, 4.69) is 15.9 Å². The predicted molar refractivity (Wildman–Crippen MR) is 49.7 cm³/mol. The van der Waals surface area contributed by atoms with E-state index in [0.717, 1.165) is 0 Å². The van der Waals surface area contributed by atoms with Crippen molar-refractivity contribution < 1.29 is 9.31 Å². The molecule has 1 rings (SSSR count). The first kappa shape index (κ1) is 10.1. The zero-order valence-electron chi connectivity index (χ0n) is 6.67. The van der Waals surface area contributed by atoms with E-state index >= 15 is 0 Å². The fraction of sp³-hybridized carbons (Fsp3) is 0.250. The van der Waals surface area contributed by atoms with E-state index in [1.807, 2.05) is 0 Å². The molecule has 1 aromatic carbocycles. The fourth-order valence-electron chi connectivity index (χ4n) is 0.953. The summed E-state index contributed by atoms with van der Waals surface area (Å²) < 4.78 is 13.2. The summed E-state index contributed by atoms with van der Waals surface area (Å²) in [7, 11) is 0. The van der Waals surface area contributed by atoms with E-state index in [-0.39, 0.29) is 18.8 Å². The molecule has 70 valence electrons. The van der Waals surface area contributed by atoms with E-state index < -0.39 is 4.92 Å². The highest BCUT2D eigenvalue weighted by Crippen LogP contribution is 2.20. The lowest BCUT2D eigenvalue weighted by Crippen LogP contribution is -2.04. The van der Waals surface area contributed by atoms with Gasteiger partial charge in [0.1, 0.15) is 5.82 Å². The Morgan fingerprint density at radius 2 is 2.23 bits per heavy atom. The first-order chi connectivity index (χ1) is 6.11. The van der Waals surface area contributed by atoms with Crippen LogP contribution in [-0.4, -0.2) is 11.5 Å². The van der Waals surface area contributed by atoms with E-state index in [4.69, 9.17) is 0 Å². The summed E-state index contributed by atoms with van der Waals surface area (Å²) in [5, 5.41) is 10.1. The molecule has 0 unspecified atom stereocenters. The van der Waals surface area contributed by atoms with Gasteiger partial charge in [-0.3, -0.25) is 10.1 Å². The molecule has 0 bridgehead atoms. The Hall–Kier alpha value is -0.970. The number of hydrogen-bond acceptors (Lipinski definition) is 2. The molecule has 0 saturated heterocycles. The lowest BCUT2D eigenvalue weighted by atomic mass is 10.1. The van der Waals surface area contributed by atoms with Crippen molar-refractivity contribution >= 4 is 15.9 Å². The van der Waals surface area contributed by atoms with Crippen molar-refractivity contribution in [3.8, 4) is 0 Å². The summed E-state index contributed by atoms with van der Waals surface area (Å²) in [6.07, 6.45) is 0.241. The molecule has 0 aliphatic rings. The van der Waals surface area contributed by atoms with E-state index in [1.54, 1.807) is 6.07 Å². The second kappa shape index (κ2) is 4.32. The Balaban J connectivity index is 2.77. The number of benzene rings is 1. The van der Waals surface area contributed by atoms with Crippen LogP contribution in [0.25, 0.3) is 0 Å². The number of rotatable bonds is 3. The molecular weight excluding hydrogens is 241 g/mol. The lowest BCUT2D eigenvalue weighted by Gasteiger charge is -2.01. The third-order valence-corrected chi connectivity index (χ3v) is 2.48. The van der Waals surface area contributed by atoms with E-state index in [1.165, 1.54) is 12.1 Å². The van der Waals surface area contributed by atoms with Crippen LogP contribution in [0.2, 0.25) is 0 Å². The molecule has 0 heterocycles. The van der Waals surface area contributed by atoms with Gasteiger partial charge in [-0.15, -0.1) is 0 Å². The van der Waals surface area contributed by atoms with Crippen molar-refractivity contribution in [2.45, 2.75) is 6.42 Å². The average molecular weight is 248 g/mol. The number of nitrogens with zero attached hydrogens (tertiary/aromatic N) is 1. The maximum absolute atomic E-state index is 12.9. The molecule has 0 radical (unpaired) electrons. The quantitative estimate of drug-likeness (QED) is 0.608. The van der Waals surface area contributed by atoms with Gasteiger partial charge in [0.2, 0.25) is 6.54 Å². The molecular formula is C8H7BrFNO2. The molecule has 3 nitrogen and oxygen atoms in total. The van der Waals surface area contributed by atoms with E-state index in [9.17, 15) is 14.5 Å². The maximum Gasteiger partial charge on any atom is 0.207 e. The van der Waals surface area contributed by atoms with Crippen LogP contribution in [0.4, 0.5) is 4.39 Å². The van der Waals surface area contributed by atoms with Gasteiger partial charge in [0.05, 0.1) is 4.47 Å². The molecule has 1 aromatic rings. The maximum atomic E-state index is 12.9. The Bertz CT molecular complexity index is 330. The van der Waals surface area contributed by atoms with Gasteiger partial charge in [-0.25, -0.2) is 4.39 Å². The molecule has 0 N–H and O–H groups in total. The van der Waals surface area contributed by atoms with Crippen molar-refractivity contribution in [1.29, 1.82) is 0 Å². The summed E-state index contributed by atoms with van der Waals surface area (Å²) in [4.78, 5) is 9.65. The zero-order valence-corrected chi connectivity index (χ0v) is 8.25. The standard InChI is InChI=1S/C8H7BrFNO2/c9-8-6(4-5-11(12)13)2-1-3-7(8)10/h1-3H,4-5H2. The Labute approximate surface area is 82.8 Å². The molecule has 0 aliphatic heterocycles. The second-order valence-electron chi connectivity index (χ2n) is 2.52. The SMILES string of the molecule is O=[N+]([O-])CCc1cccc(F)c1Br. The molecule has 0 spiro atoms. The topological polar surface area (TPSA) is 43.1 Å². The Morgan fingerprint density at radius 3 is 2.85 bits per heavy atom. The van der Waals surface area contributed by atoms with E-state index in [0.29, 0.717) is 10.0 Å². The molecule has 0 amide bonds. The molecule has 0 fully saturated rings. The fourth-order valence-corrected chi connectivity index (χ4v) is 1.42. The largest absolute Gasteiger partial charge is 0.265 e. The van der Waals surface area contributed by atoms with Gasteiger partial charge in [0.25, 0.3) is 0 Å². The third kappa shape index (κ3) is 2.77. The molecule has 13 heavy (non-hydrogen) atoms. The predicted octanol–water partition coefficient (Wildman–Crippen LogP) is 2.41. The first-order valence-electron chi connectivity index (χ1n) is 3.66. The highest BCUT2D eigenvalue weighted by Gasteiger charge is 2.07. The average Bonchev–Trinajstić information content (AvgIpc) is 2.07. The van der Waals surface area contributed by atoms with Gasteiger partial charge >= 0.3 is 0 Å². The zero-order chi connectivity index (χ0) is 9.84. The van der Waals surface area contributed by atoms with Gasteiger partial charge in [0, 0.05) is 11.3 Å². The number of hydrogen-bond donors (Lipinski definition) is 0. The minimum Gasteiger partial charge on any atom is -0.265 e. The molecule has 0 saturated carbocycles. The molecule has 0 aromatic heterocycles. The van der Waals surface area contributed by atoms with Crippen molar-refractivity contribution in [2.24, 2.45) is 0 Å². The second-order valence-corrected chi connectivity index (χ2v) is 3.31. The summed E-state index contributed by atoms with van der Waals surface area (Å²) in [5.74, 6) is -0.388. The number of halogens is 2. The minimum absolute atomic E-state index is 0.179. The summed E-state index contributed by atoms with van der Waals surface area (Å²) in [5.41, 5.74) is 0.622. The van der Waals surface area contributed by atoms with Crippen molar-refractivity contribution in [3.05, 3.63) is 44.2 Å². The number of nitro groups is 1. The summed E-state index contributed by atoms with van der Waals surface area (Å²) >= 11 is 3.03. The minimum atomic E-state index is -0.419. The Morgan fingerprint density at radius 1 is 1.54 bits per heavy atom. The lowest BCUT2D eigenvalue weighted by molar-refractivity contribution is -0.479. The Kier molecular flexibility index (Phi) is 3.36. The van der Waals surface area contributed by atoms with Crippen LogP contribution in [-0.2, 0) is 6.42 Å². The van der Waals surface area contributed by atoms with Gasteiger partial charge < -0.3 is 0 Å². The van der Waals surface area contributed by atoms with Crippen molar-refractivity contribution in [3.63, 3.8) is 0 Å². The summed E-state index contributed by atoms with van der Waals surface area (Å²) in [6, 6.07) is 4.51. The monoisotopic (exact) mass is 247 g/mol. The summed E-state index contributed by atoms with van der Waals surface area (Å²) in [6.45, 7) is -0.179. The van der Waals surface area contributed by atoms with Gasteiger partial charge in [-0.05, 0) is 27.6 Å².